The summed E-state index contributed by atoms with van der Waals surface area (Å²) in [5, 5.41) is 10.9. The smallest absolute Gasteiger partial charge is 0.161 e. The van der Waals surface area contributed by atoms with E-state index in [4.69, 9.17) is 18.9 Å². The molecule has 1 aromatic carbocycles. The molecule has 168 valence electrons. The predicted molar refractivity (Wildman–Crippen MR) is 115 cm³/mol. The van der Waals surface area contributed by atoms with Gasteiger partial charge in [-0.1, -0.05) is 20.8 Å². The van der Waals surface area contributed by atoms with E-state index in [2.05, 4.69) is 37.8 Å². The molecule has 3 atom stereocenters. The van der Waals surface area contributed by atoms with E-state index < -0.39 is 0 Å². The lowest BCUT2D eigenvalue weighted by Crippen LogP contribution is -2.48. The number of benzene rings is 1. The van der Waals surface area contributed by atoms with E-state index in [-0.39, 0.29) is 23.7 Å². The molecule has 0 bridgehead atoms. The maximum atomic E-state index is 10.9. The van der Waals surface area contributed by atoms with Crippen LogP contribution >= 0.6 is 0 Å². The summed E-state index contributed by atoms with van der Waals surface area (Å²) in [6, 6.07) is 4.51. The number of fused-ring (bicyclic) bond motifs is 3. The Balaban J connectivity index is 1.44. The van der Waals surface area contributed by atoms with Crippen LogP contribution in [0.4, 0.5) is 0 Å². The summed E-state index contributed by atoms with van der Waals surface area (Å²) in [6.07, 6.45) is 2.79. The van der Waals surface area contributed by atoms with Crippen LogP contribution < -0.4 is 9.47 Å². The Bertz CT molecular complexity index is 727. The number of rotatable bonds is 7. The second kappa shape index (κ2) is 9.03. The molecule has 0 amide bonds. The van der Waals surface area contributed by atoms with Gasteiger partial charge in [-0.15, -0.1) is 0 Å². The van der Waals surface area contributed by atoms with Gasteiger partial charge < -0.3 is 24.1 Å². The molecule has 30 heavy (non-hydrogen) atoms. The van der Waals surface area contributed by atoms with E-state index >= 15 is 0 Å². The van der Waals surface area contributed by atoms with Gasteiger partial charge in [0.25, 0.3) is 0 Å². The minimum absolute atomic E-state index is 0.213. The highest BCUT2D eigenvalue weighted by molar-refractivity contribution is 5.49. The first-order chi connectivity index (χ1) is 14.3. The first kappa shape index (κ1) is 21.9. The van der Waals surface area contributed by atoms with Gasteiger partial charge in [0, 0.05) is 19.1 Å². The van der Waals surface area contributed by atoms with E-state index in [1.807, 2.05) is 0 Å². The van der Waals surface area contributed by atoms with E-state index in [1.165, 1.54) is 11.1 Å². The van der Waals surface area contributed by atoms with Gasteiger partial charge in [0.1, 0.15) is 12.7 Å². The standard InChI is InChI=1S/C24H37NO5/c1-24(2,3)12-17-13-25-6-5-16-9-23(30-8-7-29-18-14-28-15-18)22(27-4)10-19(16)20(25)11-21(17)26/h9-10,17-18,20-21,26H,5-8,11-15H2,1-4H3. The molecule has 2 fully saturated rings. The Kier molecular flexibility index (Phi) is 6.58. The van der Waals surface area contributed by atoms with E-state index in [9.17, 15) is 5.11 Å². The van der Waals surface area contributed by atoms with Crippen molar-refractivity contribution in [2.24, 2.45) is 11.3 Å². The second-order valence-corrected chi connectivity index (χ2v) is 10.2. The summed E-state index contributed by atoms with van der Waals surface area (Å²) >= 11 is 0. The van der Waals surface area contributed by atoms with Gasteiger partial charge in [-0.25, -0.2) is 0 Å². The van der Waals surface area contributed by atoms with E-state index in [1.54, 1.807) is 7.11 Å². The summed E-state index contributed by atoms with van der Waals surface area (Å²) in [7, 11) is 1.69. The fourth-order valence-electron chi connectivity index (χ4n) is 5.04. The Morgan fingerprint density at radius 1 is 1.17 bits per heavy atom. The van der Waals surface area contributed by atoms with Gasteiger partial charge in [-0.2, -0.15) is 0 Å². The normalized spacial score (nSPS) is 27.2. The molecule has 6 nitrogen and oxygen atoms in total. The SMILES string of the molecule is COc1cc2c(cc1OCCOC1COC1)CCN1CC(CC(C)(C)C)C(O)CC21. The number of methoxy groups -OCH3 is 1. The van der Waals surface area contributed by atoms with Crippen molar-refractivity contribution in [3.63, 3.8) is 0 Å². The van der Waals surface area contributed by atoms with Crippen molar-refractivity contribution in [3.8, 4) is 11.5 Å². The zero-order valence-corrected chi connectivity index (χ0v) is 18.9. The molecule has 4 rings (SSSR count). The van der Waals surface area contributed by atoms with Crippen molar-refractivity contribution in [2.75, 3.05) is 46.6 Å². The minimum atomic E-state index is -0.258. The third-order valence-electron chi connectivity index (χ3n) is 6.55. The molecular weight excluding hydrogens is 382 g/mol. The highest BCUT2D eigenvalue weighted by Gasteiger charge is 2.39. The molecule has 0 radical (unpaired) electrons. The lowest BCUT2D eigenvalue weighted by atomic mass is 9.75. The molecule has 3 unspecified atom stereocenters. The lowest BCUT2D eigenvalue weighted by Gasteiger charge is -2.47. The van der Waals surface area contributed by atoms with Crippen molar-refractivity contribution in [1.82, 2.24) is 4.90 Å². The van der Waals surface area contributed by atoms with Crippen molar-refractivity contribution in [1.29, 1.82) is 0 Å². The van der Waals surface area contributed by atoms with E-state index in [0.29, 0.717) is 32.3 Å². The zero-order valence-electron chi connectivity index (χ0n) is 18.9. The molecule has 0 saturated carbocycles. The lowest BCUT2D eigenvalue weighted by molar-refractivity contribution is -0.132. The molecule has 3 aliphatic rings. The Hall–Kier alpha value is -1.34. The molecule has 3 aliphatic heterocycles. The van der Waals surface area contributed by atoms with Crippen LogP contribution in [0, 0.1) is 11.3 Å². The highest BCUT2D eigenvalue weighted by Crippen LogP contribution is 2.44. The van der Waals surface area contributed by atoms with E-state index in [0.717, 1.165) is 43.9 Å². The van der Waals surface area contributed by atoms with Crippen LogP contribution in [0.3, 0.4) is 0 Å². The number of piperidine rings is 1. The summed E-state index contributed by atoms with van der Waals surface area (Å²) in [4.78, 5) is 2.56. The van der Waals surface area contributed by atoms with Crippen LogP contribution in [0.25, 0.3) is 0 Å². The van der Waals surface area contributed by atoms with Crippen LogP contribution in [0.2, 0.25) is 0 Å². The second-order valence-electron chi connectivity index (χ2n) is 10.2. The van der Waals surface area contributed by atoms with Crippen LogP contribution in [0.15, 0.2) is 12.1 Å². The number of hydrogen-bond acceptors (Lipinski definition) is 6. The number of aliphatic hydroxyl groups excluding tert-OH is 1. The Labute approximate surface area is 180 Å². The molecule has 1 N–H and O–H groups in total. The molecule has 6 heteroatoms. The van der Waals surface area contributed by atoms with Crippen molar-refractivity contribution < 1.29 is 24.1 Å². The topological polar surface area (TPSA) is 60.4 Å². The molecular formula is C24H37NO5. The number of nitrogens with zero attached hydrogens (tertiary/aromatic N) is 1. The van der Waals surface area contributed by atoms with Crippen LogP contribution in [-0.2, 0) is 15.9 Å². The monoisotopic (exact) mass is 419 g/mol. The van der Waals surface area contributed by atoms with Crippen LogP contribution in [0.5, 0.6) is 11.5 Å². The van der Waals surface area contributed by atoms with Crippen molar-refractivity contribution in [2.45, 2.75) is 58.3 Å². The molecule has 0 spiro atoms. The molecule has 0 aliphatic carbocycles. The number of aliphatic hydroxyl groups is 1. The third-order valence-corrected chi connectivity index (χ3v) is 6.55. The minimum Gasteiger partial charge on any atom is -0.493 e. The van der Waals surface area contributed by atoms with Crippen LogP contribution in [0.1, 0.15) is 50.8 Å². The van der Waals surface area contributed by atoms with Gasteiger partial charge in [-0.3, -0.25) is 4.90 Å². The largest absolute Gasteiger partial charge is 0.493 e. The summed E-state index contributed by atoms with van der Waals surface area (Å²) in [5.41, 5.74) is 2.82. The van der Waals surface area contributed by atoms with Crippen molar-refractivity contribution >= 4 is 0 Å². The summed E-state index contributed by atoms with van der Waals surface area (Å²) < 4.78 is 22.4. The molecule has 0 aromatic heterocycles. The summed E-state index contributed by atoms with van der Waals surface area (Å²) in [6.45, 7) is 11.2. The maximum Gasteiger partial charge on any atom is 0.161 e. The van der Waals surface area contributed by atoms with Gasteiger partial charge in [0.15, 0.2) is 11.5 Å². The maximum absolute atomic E-state index is 10.9. The first-order valence-electron chi connectivity index (χ1n) is 11.3. The fourth-order valence-corrected chi connectivity index (χ4v) is 5.04. The van der Waals surface area contributed by atoms with Gasteiger partial charge in [0.05, 0.1) is 33.0 Å². The first-order valence-corrected chi connectivity index (χ1v) is 11.3. The predicted octanol–water partition coefficient (Wildman–Crippen LogP) is 3.21. The molecule has 3 heterocycles. The van der Waals surface area contributed by atoms with Crippen molar-refractivity contribution in [3.05, 3.63) is 23.3 Å². The highest BCUT2D eigenvalue weighted by atomic mass is 16.6. The average Bonchev–Trinajstić information content (AvgIpc) is 2.65. The van der Waals surface area contributed by atoms with Gasteiger partial charge in [0.2, 0.25) is 0 Å². The van der Waals surface area contributed by atoms with Gasteiger partial charge >= 0.3 is 0 Å². The molecule has 1 aromatic rings. The number of hydrogen-bond donors (Lipinski definition) is 1. The molecule has 2 saturated heterocycles. The van der Waals surface area contributed by atoms with Crippen LogP contribution in [-0.4, -0.2) is 68.8 Å². The zero-order chi connectivity index (χ0) is 21.3. The Morgan fingerprint density at radius 3 is 2.63 bits per heavy atom. The van der Waals surface area contributed by atoms with Gasteiger partial charge in [-0.05, 0) is 53.9 Å². The third kappa shape index (κ3) is 4.93. The fraction of sp³-hybridized carbons (Fsp3) is 0.750. The quantitative estimate of drug-likeness (QED) is 0.685. The average molecular weight is 420 g/mol. The summed E-state index contributed by atoms with van der Waals surface area (Å²) in [5.74, 6) is 1.88. The number of ether oxygens (including phenoxy) is 4. The Morgan fingerprint density at radius 2 is 1.97 bits per heavy atom.